The fourth-order valence-electron chi connectivity index (χ4n) is 1.90. The normalized spacial score (nSPS) is 12.6. The zero-order valence-electron chi connectivity index (χ0n) is 9.12. The minimum Gasteiger partial charge on any atom is -0.488 e. The molecule has 1 aromatic carbocycles. The Morgan fingerprint density at radius 2 is 2.24 bits per heavy atom. The van der Waals surface area contributed by atoms with Crippen LogP contribution in [-0.2, 0) is 6.61 Å². The summed E-state index contributed by atoms with van der Waals surface area (Å²) in [6.45, 7) is 2.15. The van der Waals surface area contributed by atoms with Gasteiger partial charge in [0.1, 0.15) is 12.4 Å². The molecule has 17 heavy (non-hydrogen) atoms. The van der Waals surface area contributed by atoms with Gasteiger partial charge in [0.15, 0.2) is 5.78 Å². The Morgan fingerprint density at radius 1 is 1.41 bits per heavy atom. The molecule has 0 atom stereocenters. The highest BCUT2D eigenvalue weighted by molar-refractivity contribution is 9.10. The monoisotopic (exact) mass is 308 g/mol. The molecule has 3 rings (SSSR count). The maximum absolute atomic E-state index is 11.4. The first-order chi connectivity index (χ1) is 8.15. The van der Waals surface area contributed by atoms with Gasteiger partial charge in [0, 0.05) is 20.5 Å². The molecular formula is C13H9BrO2S. The predicted molar refractivity (Wildman–Crippen MR) is 71.8 cm³/mol. The molecule has 0 bridgehead atoms. The van der Waals surface area contributed by atoms with Crippen molar-refractivity contribution in [1.29, 1.82) is 0 Å². The fourth-order valence-corrected chi connectivity index (χ4v) is 3.34. The van der Waals surface area contributed by atoms with Crippen LogP contribution in [0.25, 0.3) is 10.4 Å². The number of benzene rings is 1. The molecule has 0 aliphatic carbocycles. The minimum absolute atomic E-state index is 0.112. The number of carbonyl (C=O) groups is 1. The van der Waals surface area contributed by atoms with E-state index in [4.69, 9.17) is 4.74 Å². The third kappa shape index (κ3) is 1.81. The number of hydrogen-bond donors (Lipinski definition) is 0. The third-order valence-corrected chi connectivity index (χ3v) is 4.53. The molecule has 0 saturated heterocycles. The van der Waals surface area contributed by atoms with Crippen LogP contribution in [0.3, 0.4) is 0 Å². The Hall–Kier alpha value is -1.13. The van der Waals surface area contributed by atoms with Gasteiger partial charge in [0.05, 0.1) is 4.88 Å². The van der Waals surface area contributed by atoms with Crippen molar-refractivity contribution < 1.29 is 9.53 Å². The molecule has 1 aromatic heterocycles. The molecule has 0 amide bonds. The van der Waals surface area contributed by atoms with Crippen molar-refractivity contribution in [1.82, 2.24) is 0 Å². The number of thiophene rings is 1. The van der Waals surface area contributed by atoms with Crippen LogP contribution in [0, 0.1) is 0 Å². The molecule has 0 spiro atoms. The maximum atomic E-state index is 11.4. The highest BCUT2D eigenvalue weighted by atomic mass is 79.9. The standard InChI is InChI=1S/C13H9BrO2S/c1-7(15)12-4-8-6-16-11-3-2-9(14)5-10(11)13(8)17-12/h2-5H,6H2,1H3. The molecule has 86 valence electrons. The van der Waals surface area contributed by atoms with Crippen LogP contribution in [0.2, 0.25) is 0 Å². The Balaban J connectivity index is 2.21. The Morgan fingerprint density at radius 3 is 3.00 bits per heavy atom. The van der Waals surface area contributed by atoms with Crippen molar-refractivity contribution in [3.63, 3.8) is 0 Å². The quantitative estimate of drug-likeness (QED) is 0.735. The van der Waals surface area contributed by atoms with Crippen molar-refractivity contribution in [2.24, 2.45) is 0 Å². The van der Waals surface area contributed by atoms with Crippen LogP contribution in [0.4, 0.5) is 0 Å². The first-order valence-electron chi connectivity index (χ1n) is 5.21. The van der Waals surface area contributed by atoms with Crippen molar-refractivity contribution >= 4 is 33.0 Å². The zero-order chi connectivity index (χ0) is 12.0. The number of halogens is 1. The van der Waals surface area contributed by atoms with E-state index < -0.39 is 0 Å². The predicted octanol–water partition coefficient (Wildman–Crippen LogP) is 4.27. The summed E-state index contributed by atoms with van der Waals surface area (Å²) in [6.07, 6.45) is 0. The van der Waals surface area contributed by atoms with Gasteiger partial charge in [0.25, 0.3) is 0 Å². The van der Waals surface area contributed by atoms with E-state index in [9.17, 15) is 4.79 Å². The van der Waals surface area contributed by atoms with Crippen molar-refractivity contribution in [2.75, 3.05) is 0 Å². The van der Waals surface area contributed by atoms with E-state index in [0.29, 0.717) is 6.61 Å². The summed E-state index contributed by atoms with van der Waals surface area (Å²) in [5, 5.41) is 0. The SMILES string of the molecule is CC(=O)c1cc2c(s1)-c1cc(Br)ccc1OC2. The summed E-state index contributed by atoms with van der Waals surface area (Å²) in [4.78, 5) is 13.4. The molecule has 2 nitrogen and oxygen atoms in total. The highest BCUT2D eigenvalue weighted by Crippen LogP contribution is 2.43. The van der Waals surface area contributed by atoms with E-state index in [1.807, 2.05) is 24.3 Å². The van der Waals surface area contributed by atoms with Crippen LogP contribution < -0.4 is 4.74 Å². The molecule has 1 aliphatic heterocycles. The lowest BCUT2D eigenvalue weighted by Gasteiger charge is -2.17. The summed E-state index contributed by atoms with van der Waals surface area (Å²) in [7, 11) is 0. The second-order valence-electron chi connectivity index (χ2n) is 3.95. The summed E-state index contributed by atoms with van der Waals surface area (Å²) < 4.78 is 6.69. The third-order valence-electron chi connectivity index (χ3n) is 2.73. The number of carbonyl (C=O) groups excluding carboxylic acids is 1. The minimum atomic E-state index is 0.112. The van der Waals surface area contributed by atoms with Crippen molar-refractivity contribution in [3.8, 4) is 16.2 Å². The molecular weight excluding hydrogens is 300 g/mol. The number of rotatable bonds is 1. The molecule has 0 fully saturated rings. The summed E-state index contributed by atoms with van der Waals surface area (Å²) in [5.41, 5.74) is 2.17. The van der Waals surface area contributed by atoms with Crippen LogP contribution >= 0.6 is 27.3 Å². The van der Waals surface area contributed by atoms with Gasteiger partial charge in [-0.15, -0.1) is 11.3 Å². The largest absolute Gasteiger partial charge is 0.488 e. The van der Waals surface area contributed by atoms with Gasteiger partial charge in [-0.3, -0.25) is 4.79 Å². The molecule has 2 heterocycles. The average Bonchev–Trinajstić information content (AvgIpc) is 2.73. The Labute approximate surface area is 111 Å². The van der Waals surface area contributed by atoms with Crippen LogP contribution in [0.15, 0.2) is 28.7 Å². The van der Waals surface area contributed by atoms with Crippen LogP contribution in [0.1, 0.15) is 22.2 Å². The first-order valence-corrected chi connectivity index (χ1v) is 6.82. The van der Waals surface area contributed by atoms with Gasteiger partial charge in [0.2, 0.25) is 0 Å². The lowest BCUT2D eigenvalue weighted by molar-refractivity contribution is 0.102. The van der Waals surface area contributed by atoms with Gasteiger partial charge in [-0.25, -0.2) is 0 Å². The van der Waals surface area contributed by atoms with Gasteiger partial charge >= 0.3 is 0 Å². The Bertz CT molecular complexity index is 616. The molecule has 0 unspecified atom stereocenters. The lowest BCUT2D eigenvalue weighted by atomic mass is 10.1. The lowest BCUT2D eigenvalue weighted by Crippen LogP contribution is -2.02. The molecule has 0 radical (unpaired) electrons. The fraction of sp³-hybridized carbons (Fsp3) is 0.154. The number of ether oxygens (including phenoxy) is 1. The van der Waals surface area contributed by atoms with Gasteiger partial charge in [-0.1, -0.05) is 15.9 Å². The van der Waals surface area contributed by atoms with Crippen LogP contribution in [-0.4, -0.2) is 5.78 Å². The Kier molecular flexibility index (Phi) is 2.56. The van der Waals surface area contributed by atoms with Crippen molar-refractivity contribution in [2.45, 2.75) is 13.5 Å². The number of fused-ring (bicyclic) bond motifs is 3. The first kappa shape index (κ1) is 11.0. The number of ketones is 1. The highest BCUT2D eigenvalue weighted by Gasteiger charge is 2.21. The van der Waals surface area contributed by atoms with Gasteiger partial charge in [-0.05, 0) is 31.2 Å². The second kappa shape index (κ2) is 3.96. The maximum Gasteiger partial charge on any atom is 0.169 e. The number of hydrogen-bond acceptors (Lipinski definition) is 3. The van der Waals surface area contributed by atoms with E-state index in [1.165, 1.54) is 0 Å². The van der Waals surface area contributed by atoms with Crippen LogP contribution in [0.5, 0.6) is 5.75 Å². The summed E-state index contributed by atoms with van der Waals surface area (Å²) >= 11 is 5.00. The molecule has 1 aliphatic rings. The van der Waals surface area contributed by atoms with E-state index in [1.54, 1.807) is 18.3 Å². The number of Topliss-reactive ketones (excluding diaryl/α,β-unsaturated/α-hetero) is 1. The van der Waals surface area contributed by atoms with E-state index in [0.717, 1.165) is 31.1 Å². The van der Waals surface area contributed by atoms with Gasteiger partial charge in [-0.2, -0.15) is 0 Å². The second-order valence-corrected chi connectivity index (χ2v) is 5.92. The van der Waals surface area contributed by atoms with E-state index in [-0.39, 0.29) is 5.78 Å². The zero-order valence-corrected chi connectivity index (χ0v) is 11.5. The van der Waals surface area contributed by atoms with E-state index in [2.05, 4.69) is 15.9 Å². The topological polar surface area (TPSA) is 26.3 Å². The molecule has 4 heteroatoms. The molecule has 2 aromatic rings. The molecule has 0 saturated carbocycles. The average molecular weight is 309 g/mol. The van der Waals surface area contributed by atoms with E-state index >= 15 is 0 Å². The summed E-state index contributed by atoms with van der Waals surface area (Å²) in [5.74, 6) is 0.999. The molecule has 0 N–H and O–H groups in total. The van der Waals surface area contributed by atoms with Crippen molar-refractivity contribution in [3.05, 3.63) is 39.2 Å². The van der Waals surface area contributed by atoms with Gasteiger partial charge < -0.3 is 4.74 Å². The summed E-state index contributed by atoms with van der Waals surface area (Å²) in [6, 6.07) is 7.89. The smallest absolute Gasteiger partial charge is 0.169 e.